The summed E-state index contributed by atoms with van der Waals surface area (Å²) in [6, 6.07) is 0.498. The van der Waals surface area contributed by atoms with E-state index in [2.05, 4.69) is 15.3 Å². The Bertz CT molecular complexity index is 442. The van der Waals surface area contributed by atoms with E-state index in [-0.39, 0.29) is 6.42 Å². The maximum Gasteiger partial charge on any atom is 0.408 e. The van der Waals surface area contributed by atoms with E-state index in [1.165, 1.54) is 12.4 Å². The molecule has 0 saturated heterocycles. The summed E-state index contributed by atoms with van der Waals surface area (Å²) in [5, 5.41) is 11.3. The number of hydrogen-bond acceptors (Lipinski definition) is 5. The van der Waals surface area contributed by atoms with Gasteiger partial charge in [0.1, 0.15) is 17.5 Å². The van der Waals surface area contributed by atoms with Crippen LogP contribution in [0, 0.1) is 0 Å². The SMILES string of the molecule is CC(C)(C)OC(=O)N[C@H](Cc1ncccn1)C(=O)O. The molecule has 1 aromatic heterocycles. The van der Waals surface area contributed by atoms with Crippen LogP contribution in [-0.4, -0.2) is 38.8 Å². The number of hydrogen-bond donors (Lipinski definition) is 2. The predicted octanol–water partition coefficient (Wildman–Crippen LogP) is 0.997. The monoisotopic (exact) mass is 267 g/mol. The number of rotatable bonds is 4. The van der Waals surface area contributed by atoms with Gasteiger partial charge in [0.2, 0.25) is 0 Å². The van der Waals surface area contributed by atoms with Crippen LogP contribution in [0.5, 0.6) is 0 Å². The summed E-state index contributed by atoms with van der Waals surface area (Å²) >= 11 is 0. The molecule has 1 aromatic rings. The number of alkyl carbamates (subject to hydrolysis) is 1. The number of aliphatic carboxylic acids is 1. The number of carbonyl (C=O) groups is 2. The van der Waals surface area contributed by atoms with Crippen LogP contribution >= 0.6 is 0 Å². The van der Waals surface area contributed by atoms with Gasteiger partial charge in [0, 0.05) is 18.8 Å². The molecule has 0 aliphatic rings. The van der Waals surface area contributed by atoms with E-state index in [0.29, 0.717) is 5.82 Å². The van der Waals surface area contributed by atoms with Crippen molar-refractivity contribution in [3.05, 3.63) is 24.3 Å². The number of nitrogens with zero attached hydrogens (tertiary/aromatic N) is 2. The molecule has 0 spiro atoms. The highest BCUT2D eigenvalue weighted by atomic mass is 16.6. The topological polar surface area (TPSA) is 101 Å². The van der Waals surface area contributed by atoms with Gasteiger partial charge in [-0.3, -0.25) is 0 Å². The van der Waals surface area contributed by atoms with Crippen LogP contribution in [0.3, 0.4) is 0 Å². The fraction of sp³-hybridized carbons (Fsp3) is 0.500. The van der Waals surface area contributed by atoms with E-state index >= 15 is 0 Å². The van der Waals surface area contributed by atoms with Crippen molar-refractivity contribution >= 4 is 12.1 Å². The zero-order chi connectivity index (χ0) is 14.5. The smallest absolute Gasteiger partial charge is 0.408 e. The number of carboxylic acid groups (broad SMARTS) is 1. The summed E-state index contributed by atoms with van der Waals surface area (Å²) in [5.41, 5.74) is -0.684. The fourth-order valence-corrected chi connectivity index (χ4v) is 1.27. The Balaban J connectivity index is 2.64. The van der Waals surface area contributed by atoms with Gasteiger partial charge < -0.3 is 15.2 Å². The molecular formula is C12H17N3O4. The molecule has 1 atom stereocenters. The van der Waals surface area contributed by atoms with Crippen LogP contribution < -0.4 is 5.32 Å². The molecule has 0 fully saturated rings. The van der Waals surface area contributed by atoms with Gasteiger partial charge >= 0.3 is 12.1 Å². The zero-order valence-corrected chi connectivity index (χ0v) is 11.1. The molecule has 0 aromatic carbocycles. The largest absolute Gasteiger partial charge is 0.480 e. The van der Waals surface area contributed by atoms with Crippen LogP contribution in [0.2, 0.25) is 0 Å². The Kier molecular flexibility index (Phi) is 4.80. The van der Waals surface area contributed by atoms with Crippen molar-refractivity contribution < 1.29 is 19.4 Å². The highest BCUT2D eigenvalue weighted by molar-refractivity contribution is 5.80. The molecule has 1 amide bonds. The van der Waals surface area contributed by atoms with Gasteiger partial charge in [-0.1, -0.05) is 0 Å². The molecule has 7 heteroatoms. The number of aromatic nitrogens is 2. The Morgan fingerprint density at radius 3 is 2.42 bits per heavy atom. The summed E-state index contributed by atoms with van der Waals surface area (Å²) in [5.74, 6) is -0.829. The molecule has 0 saturated carbocycles. The van der Waals surface area contributed by atoms with Gasteiger partial charge in [0.25, 0.3) is 0 Å². The highest BCUT2D eigenvalue weighted by Gasteiger charge is 2.24. The molecule has 0 aliphatic carbocycles. The van der Waals surface area contributed by atoms with E-state index in [1.54, 1.807) is 26.8 Å². The van der Waals surface area contributed by atoms with Crippen molar-refractivity contribution in [2.75, 3.05) is 0 Å². The summed E-state index contributed by atoms with van der Waals surface area (Å²) < 4.78 is 5.00. The Labute approximate surface area is 111 Å². The van der Waals surface area contributed by atoms with Gasteiger partial charge in [-0.05, 0) is 26.8 Å². The van der Waals surface area contributed by atoms with Gasteiger partial charge in [-0.2, -0.15) is 0 Å². The first-order valence-electron chi connectivity index (χ1n) is 5.76. The number of ether oxygens (including phenoxy) is 1. The summed E-state index contributed by atoms with van der Waals surface area (Å²) in [6.45, 7) is 5.09. The maximum absolute atomic E-state index is 11.5. The van der Waals surface area contributed by atoms with Crippen molar-refractivity contribution in [1.29, 1.82) is 0 Å². The minimum absolute atomic E-state index is 0.00455. The third kappa shape index (κ3) is 5.80. The van der Waals surface area contributed by atoms with E-state index in [4.69, 9.17) is 9.84 Å². The molecule has 2 N–H and O–H groups in total. The number of nitrogens with one attached hydrogen (secondary N) is 1. The summed E-state index contributed by atoms with van der Waals surface area (Å²) in [7, 11) is 0. The first-order chi connectivity index (χ1) is 8.78. The second-order valence-corrected chi connectivity index (χ2v) is 4.91. The van der Waals surface area contributed by atoms with E-state index in [0.717, 1.165) is 0 Å². The van der Waals surface area contributed by atoms with E-state index in [9.17, 15) is 9.59 Å². The van der Waals surface area contributed by atoms with Crippen molar-refractivity contribution in [3.8, 4) is 0 Å². The fourth-order valence-electron chi connectivity index (χ4n) is 1.27. The zero-order valence-electron chi connectivity index (χ0n) is 11.1. The van der Waals surface area contributed by atoms with Crippen molar-refractivity contribution in [2.45, 2.75) is 38.8 Å². The Morgan fingerprint density at radius 2 is 1.95 bits per heavy atom. The van der Waals surface area contributed by atoms with Gasteiger partial charge in [0.15, 0.2) is 0 Å². The first kappa shape index (κ1) is 14.9. The maximum atomic E-state index is 11.5. The minimum atomic E-state index is -1.17. The average Bonchev–Trinajstić information content (AvgIpc) is 2.26. The second kappa shape index (κ2) is 6.12. The van der Waals surface area contributed by atoms with Gasteiger partial charge in [0.05, 0.1) is 0 Å². The van der Waals surface area contributed by atoms with Crippen LogP contribution in [0.25, 0.3) is 0 Å². The summed E-state index contributed by atoms with van der Waals surface area (Å²) in [4.78, 5) is 30.4. The van der Waals surface area contributed by atoms with Gasteiger partial charge in [-0.15, -0.1) is 0 Å². The third-order valence-electron chi connectivity index (χ3n) is 2.00. The molecule has 0 radical (unpaired) electrons. The standard InChI is InChI=1S/C12H17N3O4/c1-12(2,3)19-11(18)15-8(10(16)17)7-9-13-5-4-6-14-9/h4-6,8H,7H2,1-3H3,(H,15,18)(H,16,17)/t8-/m1/s1. The number of amides is 1. The van der Waals surface area contributed by atoms with Crippen LogP contribution in [0.4, 0.5) is 4.79 Å². The third-order valence-corrected chi connectivity index (χ3v) is 2.00. The number of carboxylic acids is 1. The van der Waals surface area contributed by atoms with E-state index < -0.39 is 23.7 Å². The van der Waals surface area contributed by atoms with Crippen LogP contribution in [0.15, 0.2) is 18.5 Å². The molecule has 1 heterocycles. The lowest BCUT2D eigenvalue weighted by atomic mass is 10.2. The molecule has 19 heavy (non-hydrogen) atoms. The van der Waals surface area contributed by atoms with Crippen LogP contribution in [0.1, 0.15) is 26.6 Å². The summed E-state index contributed by atoms with van der Waals surface area (Å²) in [6.07, 6.45) is 2.23. The molecule has 0 bridgehead atoms. The lowest BCUT2D eigenvalue weighted by molar-refractivity contribution is -0.139. The molecule has 0 unspecified atom stereocenters. The highest BCUT2D eigenvalue weighted by Crippen LogP contribution is 2.07. The molecule has 104 valence electrons. The molecule has 0 aliphatic heterocycles. The Hall–Kier alpha value is -2.18. The second-order valence-electron chi connectivity index (χ2n) is 4.91. The normalized spacial score (nSPS) is 12.6. The molecular weight excluding hydrogens is 250 g/mol. The van der Waals surface area contributed by atoms with Crippen LogP contribution in [-0.2, 0) is 16.0 Å². The lowest BCUT2D eigenvalue weighted by Crippen LogP contribution is -2.44. The average molecular weight is 267 g/mol. The van der Waals surface area contributed by atoms with E-state index in [1.807, 2.05) is 0 Å². The quantitative estimate of drug-likeness (QED) is 0.843. The Morgan fingerprint density at radius 1 is 1.37 bits per heavy atom. The van der Waals surface area contributed by atoms with Crippen molar-refractivity contribution in [2.24, 2.45) is 0 Å². The van der Waals surface area contributed by atoms with Crippen molar-refractivity contribution in [3.63, 3.8) is 0 Å². The minimum Gasteiger partial charge on any atom is -0.480 e. The lowest BCUT2D eigenvalue weighted by Gasteiger charge is -2.21. The molecule has 7 nitrogen and oxygen atoms in total. The predicted molar refractivity (Wildman–Crippen MR) is 66.5 cm³/mol. The van der Waals surface area contributed by atoms with Crippen molar-refractivity contribution in [1.82, 2.24) is 15.3 Å². The molecule has 1 rings (SSSR count). The first-order valence-corrected chi connectivity index (χ1v) is 5.76. The van der Waals surface area contributed by atoms with Gasteiger partial charge in [-0.25, -0.2) is 19.6 Å². The number of carbonyl (C=O) groups excluding carboxylic acids is 1.